The molecule has 1 heterocycles. The fourth-order valence-electron chi connectivity index (χ4n) is 2.38. The summed E-state index contributed by atoms with van der Waals surface area (Å²) in [6.45, 7) is 1.36. The number of hydrogen-bond acceptors (Lipinski definition) is 2. The maximum Gasteiger partial charge on any atom is 0.107 e. The highest BCUT2D eigenvalue weighted by atomic mass is 17.2. The van der Waals surface area contributed by atoms with Crippen LogP contribution in [0.3, 0.4) is 0 Å². The van der Waals surface area contributed by atoms with E-state index in [1.54, 1.807) is 0 Å². The molecule has 0 amide bonds. The Morgan fingerprint density at radius 3 is 2.60 bits per heavy atom. The third-order valence-electron chi connectivity index (χ3n) is 3.37. The van der Waals surface area contributed by atoms with Crippen molar-refractivity contribution in [2.45, 2.75) is 13.2 Å². The molecule has 1 aromatic heterocycles. The van der Waals surface area contributed by atoms with Crippen molar-refractivity contribution in [3.63, 3.8) is 0 Å². The Hall–Kier alpha value is -2.10. The number of fused-ring (bicyclic) bond motifs is 1. The minimum absolute atomic E-state index is 0.469. The molecule has 0 radical (unpaired) electrons. The summed E-state index contributed by atoms with van der Waals surface area (Å²) in [5.41, 5.74) is 3.64. The molecule has 0 spiro atoms. The van der Waals surface area contributed by atoms with E-state index in [0.29, 0.717) is 6.61 Å². The lowest BCUT2D eigenvalue weighted by Crippen LogP contribution is -1.97. The Kier molecular flexibility index (Phi) is 3.81. The van der Waals surface area contributed by atoms with E-state index in [-0.39, 0.29) is 0 Å². The maximum atomic E-state index is 4.96. The summed E-state index contributed by atoms with van der Waals surface area (Å²) in [4.78, 5) is 9.60. The molecule has 3 heteroatoms. The molecule has 0 aliphatic heterocycles. The first kappa shape index (κ1) is 12.9. The fraction of sp³-hybridized carbons (Fsp3) is 0.176. The molecule has 3 aromatic rings. The Morgan fingerprint density at radius 1 is 0.950 bits per heavy atom. The Bertz CT molecular complexity index is 689. The summed E-state index contributed by atoms with van der Waals surface area (Å²) >= 11 is 0. The highest BCUT2D eigenvalue weighted by Gasteiger charge is 2.03. The van der Waals surface area contributed by atoms with Crippen molar-refractivity contribution >= 4 is 10.9 Å². The van der Waals surface area contributed by atoms with E-state index >= 15 is 0 Å². The number of hydrogen-bond donors (Lipinski definition) is 0. The van der Waals surface area contributed by atoms with Crippen LogP contribution in [0.2, 0.25) is 0 Å². The summed E-state index contributed by atoms with van der Waals surface area (Å²) in [5, 5.41) is 1.22. The second-order valence-corrected chi connectivity index (χ2v) is 4.75. The lowest BCUT2D eigenvalue weighted by Gasteiger charge is -2.06. The van der Waals surface area contributed by atoms with Crippen molar-refractivity contribution in [2.24, 2.45) is 0 Å². The summed E-state index contributed by atoms with van der Waals surface area (Å²) < 4.78 is 2.26. The second-order valence-electron chi connectivity index (χ2n) is 4.75. The number of aromatic nitrogens is 1. The van der Waals surface area contributed by atoms with Gasteiger partial charge in [0, 0.05) is 18.3 Å². The smallest absolute Gasteiger partial charge is 0.107 e. The van der Waals surface area contributed by atoms with Crippen LogP contribution in [0, 0.1) is 0 Å². The highest BCUT2D eigenvalue weighted by molar-refractivity contribution is 5.81. The van der Waals surface area contributed by atoms with Gasteiger partial charge in [-0.3, -0.25) is 0 Å². The van der Waals surface area contributed by atoms with Crippen molar-refractivity contribution in [3.8, 4) is 0 Å². The lowest BCUT2D eigenvalue weighted by atomic mass is 10.1. The number of rotatable bonds is 5. The minimum Gasteiger partial charge on any atom is -0.343 e. The largest absolute Gasteiger partial charge is 0.343 e. The van der Waals surface area contributed by atoms with Crippen molar-refractivity contribution in [2.75, 3.05) is 7.11 Å². The molecule has 3 rings (SSSR count). The molecule has 0 fully saturated rings. The molecular formula is C17H17NO2. The Labute approximate surface area is 118 Å². The number of nitrogens with zero attached hydrogens (tertiary/aromatic N) is 1. The van der Waals surface area contributed by atoms with E-state index in [1.165, 1.54) is 23.6 Å². The van der Waals surface area contributed by atoms with E-state index in [1.807, 2.05) is 6.07 Å². The van der Waals surface area contributed by atoms with Crippen LogP contribution < -0.4 is 0 Å². The van der Waals surface area contributed by atoms with Crippen LogP contribution in [-0.2, 0) is 22.9 Å². The van der Waals surface area contributed by atoms with E-state index in [9.17, 15) is 0 Å². The summed E-state index contributed by atoms with van der Waals surface area (Å²) in [6, 6.07) is 18.9. The molecule has 20 heavy (non-hydrogen) atoms. The minimum atomic E-state index is 0.469. The molecule has 3 nitrogen and oxygen atoms in total. The first-order chi connectivity index (χ1) is 9.86. The Balaban J connectivity index is 1.86. The van der Waals surface area contributed by atoms with Gasteiger partial charge >= 0.3 is 0 Å². The van der Waals surface area contributed by atoms with Crippen LogP contribution in [0.1, 0.15) is 11.1 Å². The fourth-order valence-corrected chi connectivity index (χ4v) is 2.38. The first-order valence-electron chi connectivity index (χ1n) is 6.64. The van der Waals surface area contributed by atoms with E-state index in [2.05, 4.69) is 64.2 Å². The third-order valence-corrected chi connectivity index (χ3v) is 3.37. The first-order valence-corrected chi connectivity index (χ1v) is 6.64. The van der Waals surface area contributed by atoms with Crippen LogP contribution in [-0.4, -0.2) is 11.7 Å². The van der Waals surface area contributed by atoms with Gasteiger partial charge in [0.2, 0.25) is 0 Å². The molecule has 0 bridgehead atoms. The van der Waals surface area contributed by atoms with Gasteiger partial charge in [0.05, 0.1) is 7.11 Å². The van der Waals surface area contributed by atoms with Gasteiger partial charge < -0.3 is 4.57 Å². The quantitative estimate of drug-likeness (QED) is 0.519. The molecule has 0 atom stereocenters. The molecular weight excluding hydrogens is 250 g/mol. The van der Waals surface area contributed by atoms with E-state index in [4.69, 9.17) is 4.89 Å². The molecule has 0 aliphatic rings. The van der Waals surface area contributed by atoms with Crippen LogP contribution in [0.25, 0.3) is 10.9 Å². The average molecular weight is 267 g/mol. The highest BCUT2D eigenvalue weighted by Crippen LogP contribution is 2.19. The second kappa shape index (κ2) is 5.90. The lowest BCUT2D eigenvalue weighted by molar-refractivity contribution is -0.282. The topological polar surface area (TPSA) is 23.4 Å². The number of benzene rings is 2. The van der Waals surface area contributed by atoms with Gasteiger partial charge in [0.25, 0.3) is 0 Å². The molecule has 0 aliphatic carbocycles. The standard InChI is InChI=1S/C17H17NO2/c1-19-20-13-15-7-8-17-16(11-15)9-10-18(17)12-14-5-3-2-4-6-14/h2-11H,12-13H2,1H3. The monoisotopic (exact) mass is 267 g/mol. The molecule has 0 saturated carbocycles. The van der Waals surface area contributed by atoms with E-state index < -0.39 is 0 Å². The third kappa shape index (κ3) is 2.74. The normalized spacial score (nSPS) is 11.1. The van der Waals surface area contributed by atoms with Crippen molar-refractivity contribution in [1.29, 1.82) is 0 Å². The van der Waals surface area contributed by atoms with Crippen LogP contribution in [0.15, 0.2) is 60.8 Å². The molecule has 0 saturated heterocycles. The molecule has 2 aromatic carbocycles. The Morgan fingerprint density at radius 2 is 1.80 bits per heavy atom. The predicted molar refractivity (Wildman–Crippen MR) is 79.3 cm³/mol. The van der Waals surface area contributed by atoms with Crippen LogP contribution in [0.5, 0.6) is 0 Å². The predicted octanol–water partition coefficient (Wildman–Crippen LogP) is 3.77. The van der Waals surface area contributed by atoms with Gasteiger partial charge in [0.1, 0.15) is 6.61 Å². The molecule has 0 unspecified atom stereocenters. The maximum absolute atomic E-state index is 4.96. The molecule has 102 valence electrons. The van der Waals surface area contributed by atoms with Gasteiger partial charge in [-0.25, -0.2) is 9.78 Å². The van der Waals surface area contributed by atoms with Gasteiger partial charge in [-0.1, -0.05) is 36.4 Å². The molecule has 0 N–H and O–H groups in total. The van der Waals surface area contributed by atoms with Crippen molar-refractivity contribution < 1.29 is 9.78 Å². The van der Waals surface area contributed by atoms with E-state index in [0.717, 1.165) is 12.1 Å². The zero-order chi connectivity index (χ0) is 13.8. The van der Waals surface area contributed by atoms with Crippen LogP contribution in [0.4, 0.5) is 0 Å². The zero-order valence-corrected chi connectivity index (χ0v) is 11.5. The zero-order valence-electron chi connectivity index (χ0n) is 11.5. The van der Waals surface area contributed by atoms with Gasteiger partial charge in [0.15, 0.2) is 0 Å². The van der Waals surface area contributed by atoms with Crippen molar-refractivity contribution in [3.05, 3.63) is 71.9 Å². The average Bonchev–Trinajstić information content (AvgIpc) is 2.89. The summed E-state index contributed by atoms with van der Waals surface area (Å²) in [5.74, 6) is 0. The summed E-state index contributed by atoms with van der Waals surface area (Å²) in [6.07, 6.45) is 2.12. The van der Waals surface area contributed by atoms with Gasteiger partial charge in [-0.2, -0.15) is 0 Å². The van der Waals surface area contributed by atoms with Crippen molar-refractivity contribution in [1.82, 2.24) is 4.57 Å². The van der Waals surface area contributed by atoms with Gasteiger partial charge in [-0.05, 0) is 34.7 Å². The van der Waals surface area contributed by atoms with Gasteiger partial charge in [-0.15, -0.1) is 0 Å². The summed E-state index contributed by atoms with van der Waals surface area (Å²) in [7, 11) is 1.52. The van der Waals surface area contributed by atoms with Crippen LogP contribution >= 0.6 is 0 Å². The SMILES string of the molecule is COOCc1ccc2c(ccn2Cc2ccccc2)c1.